The lowest BCUT2D eigenvalue weighted by molar-refractivity contribution is -0.167. The normalized spacial score (nSPS) is 38.6. The number of aromatic amines is 1. The number of allylic oxidation sites excluding steroid dienone is 1. The van der Waals surface area contributed by atoms with E-state index in [-0.39, 0.29) is 52.7 Å². The summed E-state index contributed by atoms with van der Waals surface area (Å²) < 4.78 is 0. The minimum absolute atomic E-state index is 0.0684. The molecule has 6 atom stereocenters. The number of nitrogens with one attached hydrogen (secondary N) is 1. The van der Waals surface area contributed by atoms with Crippen LogP contribution in [0.2, 0.25) is 0 Å². The number of thioether (sulfide) groups is 1. The first kappa shape index (κ1) is 23.0. The van der Waals surface area contributed by atoms with Crippen LogP contribution in [0.5, 0.6) is 0 Å². The highest BCUT2D eigenvalue weighted by Gasteiger charge is 2.68. The summed E-state index contributed by atoms with van der Waals surface area (Å²) in [6.07, 6.45) is 8.94. The highest BCUT2D eigenvalue weighted by atomic mass is 32.2. The Hall–Kier alpha value is -2.39. The Morgan fingerprint density at radius 3 is 2.83 bits per heavy atom. The maximum atomic E-state index is 13.8. The fourth-order valence-corrected chi connectivity index (χ4v) is 8.87. The zero-order valence-corrected chi connectivity index (χ0v) is 20.9. The lowest BCUT2D eigenvalue weighted by Gasteiger charge is -2.57. The number of Topliss-reactive ketones (excluding diaryl/α,β-unsaturated/α-hetero) is 2. The smallest absolute Gasteiger partial charge is 0.181 e. The van der Waals surface area contributed by atoms with E-state index in [2.05, 4.69) is 26.9 Å². The van der Waals surface area contributed by atoms with Gasteiger partial charge >= 0.3 is 0 Å². The van der Waals surface area contributed by atoms with Gasteiger partial charge in [0, 0.05) is 24.2 Å². The van der Waals surface area contributed by atoms with Crippen molar-refractivity contribution in [1.82, 2.24) is 19.9 Å². The highest BCUT2D eigenvalue weighted by molar-refractivity contribution is 8.00. The largest absolute Gasteiger partial charge is 0.381 e. The summed E-state index contributed by atoms with van der Waals surface area (Å²) in [6.45, 7) is 4.11. The van der Waals surface area contributed by atoms with Crippen LogP contribution in [0.15, 0.2) is 29.3 Å². The van der Waals surface area contributed by atoms with Crippen LogP contribution in [-0.4, -0.2) is 53.7 Å². The van der Waals surface area contributed by atoms with Gasteiger partial charge in [-0.3, -0.25) is 14.4 Å². The van der Waals surface area contributed by atoms with Crippen LogP contribution in [0.25, 0.3) is 11.2 Å². The number of imidazole rings is 1. The van der Waals surface area contributed by atoms with Crippen molar-refractivity contribution in [2.75, 3.05) is 5.75 Å². The highest BCUT2D eigenvalue weighted by Crippen LogP contribution is 2.66. The fourth-order valence-electron chi connectivity index (χ4n) is 7.95. The number of aromatic nitrogens is 4. The molecule has 3 fully saturated rings. The topological polar surface area (TPSA) is 126 Å². The second-order valence-corrected chi connectivity index (χ2v) is 12.3. The number of rotatable bonds is 4. The van der Waals surface area contributed by atoms with Crippen molar-refractivity contribution in [3.05, 3.63) is 24.3 Å². The minimum Gasteiger partial charge on any atom is -0.381 e. The molecule has 9 heteroatoms. The third-order valence-corrected chi connectivity index (χ3v) is 10.8. The molecule has 0 saturated heterocycles. The number of nitrogens with zero attached hydrogens (tertiary/aromatic N) is 3. The van der Waals surface area contributed by atoms with Gasteiger partial charge in [-0.05, 0) is 55.4 Å². The predicted octanol–water partition coefficient (Wildman–Crippen LogP) is 3.46. The van der Waals surface area contributed by atoms with Crippen molar-refractivity contribution >= 4 is 40.3 Å². The Kier molecular flexibility index (Phi) is 5.14. The summed E-state index contributed by atoms with van der Waals surface area (Å²) in [4.78, 5) is 54.9. The Balaban J connectivity index is 1.26. The molecule has 2 aromatic rings. The average molecular weight is 495 g/mol. The van der Waals surface area contributed by atoms with Gasteiger partial charge in [-0.15, -0.1) is 0 Å². The molecule has 0 bridgehead atoms. The van der Waals surface area contributed by atoms with Crippen molar-refractivity contribution in [3.8, 4) is 0 Å². The maximum absolute atomic E-state index is 13.8. The summed E-state index contributed by atoms with van der Waals surface area (Å²) in [5.74, 6) is 0.256. The summed E-state index contributed by atoms with van der Waals surface area (Å²) in [5, 5.41) is 12.5. The second kappa shape index (κ2) is 7.80. The Morgan fingerprint density at radius 2 is 2.00 bits per heavy atom. The molecule has 6 unspecified atom stereocenters. The SMILES string of the molecule is CC12CCC(=O)C=C1CCC1C2C(=O)CC2(C)C1CCC2(O)C(=O)CSc1ncnc2nc[nH]c12. The molecule has 184 valence electrons. The van der Waals surface area contributed by atoms with Gasteiger partial charge in [-0.1, -0.05) is 31.2 Å². The monoisotopic (exact) mass is 494 g/mol. The Labute approximate surface area is 207 Å². The molecular weight excluding hydrogens is 464 g/mol. The Bertz CT molecular complexity index is 1290. The molecule has 4 aliphatic rings. The zero-order valence-electron chi connectivity index (χ0n) is 20.0. The quantitative estimate of drug-likeness (QED) is 0.489. The van der Waals surface area contributed by atoms with Crippen LogP contribution in [0.3, 0.4) is 0 Å². The molecule has 8 nitrogen and oxygen atoms in total. The molecule has 0 amide bonds. The number of fused-ring (bicyclic) bond motifs is 6. The number of hydrogen-bond donors (Lipinski definition) is 2. The van der Waals surface area contributed by atoms with Gasteiger partial charge in [0.15, 0.2) is 17.2 Å². The van der Waals surface area contributed by atoms with Crippen LogP contribution in [0.4, 0.5) is 0 Å². The molecule has 0 spiro atoms. The molecule has 0 aromatic carbocycles. The molecule has 6 rings (SSSR count). The van der Waals surface area contributed by atoms with Crippen molar-refractivity contribution < 1.29 is 19.5 Å². The van der Waals surface area contributed by atoms with Crippen LogP contribution >= 0.6 is 11.8 Å². The summed E-state index contributed by atoms with van der Waals surface area (Å²) in [6, 6.07) is 0. The molecule has 4 aliphatic carbocycles. The molecule has 2 heterocycles. The van der Waals surface area contributed by atoms with Gasteiger partial charge < -0.3 is 10.1 Å². The van der Waals surface area contributed by atoms with Crippen LogP contribution in [0, 0.1) is 28.6 Å². The zero-order chi connectivity index (χ0) is 24.6. The molecule has 0 radical (unpaired) electrons. The summed E-state index contributed by atoms with van der Waals surface area (Å²) >= 11 is 1.27. The molecule has 35 heavy (non-hydrogen) atoms. The second-order valence-electron chi connectivity index (χ2n) is 11.3. The van der Waals surface area contributed by atoms with E-state index in [1.807, 2.05) is 6.92 Å². The number of aliphatic hydroxyl groups is 1. The van der Waals surface area contributed by atoms with E-state index in [0.29, 0.717) is 29.0 Å². The molecule has 2 aromatic heterocycles. The number of hydrogen-bond acceptors (Lipinski definition) is 8. The van der Waals surface area contributed by atoms with Gasteiger partial charge in [0.1, 0.15) is 28.3 Å². The van der Waals surface area contributed by atoms with E-state index in [9.17, 15) is 19.5 Å². The fraction of sp³-hybridized carbons (Fsp3) is 0.615. The minimum atomic E-state index is -1.54. The lowest BCUT2D eigenvalue weighted by Crippen LogP contribution is -2.60. The van der Waals surface area contributed by atoms with Crippen LogP contribution in [0.1, 0.15) is 58.8 Å². The van der Waals surface area contributed by atoms with Crippen LogP contribution in [-0.2, 0) is 14.4 Å². The molecule has 3 saturated carbocycles. The third-order valence-electron chi connectivity index (χ3n) is 9.80. The molecule has 2 N–H and O–H groups in total. The first-order valence-corrected chi connectivity index (χ1v) is 13.4. The standard InChI is InChI=1S/C26H30N4O4S/c1-24-7-5-15(31)9-14(24)3-4-16-17-6-8-26(34,25(17,2)10-18(32)20(16)24)19(33)11-35-23-21-22(28-12-27-21)29-13-30-23/h9,12-13,16-17,20,34H,3-8,10-11H2,1-2H3,(H,27,28,29,30). The van der Waals surface area contributed by atoms with Gasteiger partial charge in [-0.25, -0.2) is 15.0 Å². The van der Waals surface area contributed by atoms with E-state index in [4.69, 9.17) is 0 Å². The maximum Gasteiger partial charge on any atom is 0.181 e. The van der Waals surface area contributed by atoms with E-state index in [1.165, 1.54) is 18.1 Å². The van der Waals surface area contributed by atoms with Crippen molar-refractivity contribution in [2.24, 2.45) is 28.6 Å². The Morgan fingerprint density at radius 1 is 1.17 bits per heavy atom. The number of carbonyl (C=O) groups is 3. The number of carbonyl (C=O) groups excluding carboxylic acids is 3. The average Bonchev–Trinajstić information content (AvgIpc) is 3.41. The summed E-state index contributed by atoms with van der Waals surface area (Å²) in [5.41, 5.74) is -0.256. The van der Waals surface area contributed by atoms with Gasteiger partial charge in [0.05, 0.1) is 12.1 Å². The molecular formula is C26H30N4O4S. The van der Waals surface area contributed by atoms with E-state index in [1.54, 1.807) is 12.4 Å². The van der Waals surface area contributed by atoms with E-state index >= 15 is 0 Å². The van der Waals surface area contributed by atoms with Crippen LogP contribution < -0.4 is 0 Å². The van der Waals surface area contributed by atoms with Crippen molar-refractivity contribution in [3.63, 3.8) is 0 Å². The van der Waals surface area contributed by atoms with Crippen molar-refractivity contribution in [2.45, 2.75) is 69.4 Å². The number of H-pyrrole nitrogens is 1. The molecule has 0 aliphatic heterocycles. The predicted molar refractivity (Wildman–Crippen MR) is 129 cm³/mol. The number of ketones is 3. The first-order valence-electron chi connectivity index (χ1n) is 12.5. The first-order chi connectivity index (χ1) is 16.7. The van der Waals surface area contributed by atoms with Crippen molar-refractivity contribution in [1.29, 1.82) is 0 Å². The van der Waals surface area contributed by atoms with E-state index in [0.717, 1.165) is 31.3 Å². The summed E-state index contributed by atoms with van der Waals surface area (Å²) in [7, 11) is 0. The van der Waals surface area contributed by atoms with E-state index < -0.39 is 11.0 Å². The third kappa shape index (κ3) is 3.16. The van der Waals surface area contributed by atoms with Gasteiger partial charge in [-0.2, -0.15) is 0 Å². The van der Waals surface area contributed by atoms with Gasteiger partial charge in [0.2, 0.25) is 0 Å². The van der Waals surface area contributed by atoms with Gasteiger partial charge in [0.25, 0.3) is 0 Å². The lowest BCUT2D eigenvalue weighted by atomic mass is 9.46.